The number of aliphatic hydroxyl groups excluding tert-OH is 1. The van der Waals surface area contributed by atoms with Gasteiger partial charge in [-0.3, -0.25) is 0 Å². The second-order valence-corrected chi connectivity index (χ2v) is 8.87. The van der Waals surface area contributed by atoms with Crippen LogP contribution in [0.5, 0.6) is 0 Å². The summed E-state index contributed by atoms with van der Waals surface area (Å²) in [5.74, 6) is -0.893. The fraction of sp³-hybridized carbons (Fsp3) is 0.360. The highest BCUT2D eigenvalue weighted by atomic mass is 35.5. The van der Waals surface area contributed by atoms with Gasteiger partial charge in [0.1, 0.15) is 17.5 Å². The normalized spacial score (nSPS) is 16.3. The second-order valence-electron chi connectivity index (χ2n) is 8.53. The van der Waals surface area contributed by atoms with Crippen LogP contribution >= 0.6 is 11.6 Å². The summed E-state index contributed by atoms with van der Waals surface area (Å²) in [6, 6.07) is 12.9. The van der Waals surface area contributed by atoms with Gasteiger partial charge in [0, 0.05) is 24.3 Å². The lowest BCUT2D eigenvalue weighted by Gasteiger charge is -2.28. The molecule has 1 aromatic heterocycles. The second kappa shape index (κ2) is 10.1. The van der Waals surface area contributed by atoms with Gasteiger partial charge in [-0.25, -0.2) is 18.7 Å². The van der Waals surface area contributed by atoms with Crippen molar-refractivity contribution in [3.8, 4) is 0 Å². The average molecular weight is 473 g/mol. The highest BCUT2D eigenvalue weighted by molar-refractivity contribution is 6.28. The molecule has 0 aliphatic heterocycles. The van der Waals surface area contributed by atoms with Crippen LogP contribution in [0.25, 0.3) is 0 Å². The van der Waals surface area contributed by atoms with Crippen LogP contribution in [0.3, 0.4) is 0 Å². The Labute approximate surface area is 197 Å². The van der Waals surface area contributed by atoms with Crippen molar-refractivity contribution in [2.75, 3.05) is 11.9 Å². The van der Waals surface area contributed by atoms with Crippen molar-refractivity contribution in [1.29, 1.82) is 0 Å². The first-order chi connectivity index (χ1) is 15.9. The third-order valence-corrected chi connectivity index (χ3v) is 6.27. The van der Waals surface area contributed by atoms with E-state index < -0.39 is 23.8 Å². The van der Waals surface area contributed by atoms with Crippen LogP contribution in [0, 0.1) is 11.6 Å². The van der Waals surface area contributed by atoms with Gasteiger partial charge in [0.25, 0.3) is 0 Å². The number of anilines is 1. The van der Waals surface area contributed by atoms with Crippen LogP contribution in [-0.2, 0) is 18.4 Å². The summed E-state index contributed by atoms with van der Waals surface area (Å²) in [4.78, 5) is 7.99. The zero-order chi connectivity index (χ0) is 23.4. The van der Waals surface area contributed by atoms with Crippen molar-refractivity contribution in [1.82, 2.24) is 15.3 Å². The van der Waals surface area contributed by atoms with E-state index in [1.165, 1.54) is 29.5 Å². The SMILES string of the molecule is CCc1cccc(C2(NCC(O)C(Cc3cc(F)cc(F)c3)Nc3ccnc(Cl)n3)CC2)c1. The first-order valence-electron chi connectivity index (χ1n) is 11.1. The molecule has 0 bridgehead atoms. The summed E-state index contributed by atoms with van der Waals surface area (Å²) < 4.78 is 27.5. The summed E-state index contributed by atoms with van der Waals surface area (Å²) in [5, 5.41) is 17.8. The summed E-state index contributed by atoms with van der Waals surface area (Å²) in [6.07, 6.45) is 3.77. The van der Waals surface area contributed by atoms with Crippen LogP contribution < -0.4 is 10.6 Å². The van der Waals surface area contributed by atoms with Crippen LogP contribution in [0.1, 0.15) is 36.5 Å². The van der Waals surface area contributed by atoms with Crippen LogP contribution in [0.4, 0.5) is 14.6 Å². The number of benzene rings is 2. The molecule has 3 N–H and O–H groups in total. The van der Waals surface area contributed by atoms with Gasteiger partial charge in [0.05, 0.1) is 12.1 Å². The first-order valence-corrected chi connectivity index (χ1v) is 11.5. The predicted molar refractivity (Wildman–Crippen MR) is 125 cm³/mol. The molecule has 0 amide bonds. The molecule has 8 heteroatoms. The van der Waals surface area contributed by atoms with Crippen molar-refractivity contribution >= 4 is 17.4 Å². The van der Waals surface area contributed by atoms with Crippen LogP contribution in [-0.4, -0.2) is 33.8 Å². The number of hydrogen-bond acceptors (Lipinski definition) is 5. The van der Waals surface area contributed by atoms with Crippen molar-refractivity contribution in [3.05, 3.63) is 88.3 Å². The topological polar surface area (TPSA) is 70.1 Å². The number of hydrogen-bond donors (Lipinski definition) is 3. The lowest BCUT2D eigenvalue weighted by atomic mass is 9.98. The molecule has 174 valence electrons. The van der Waals surface area contributed by atoms with Gasteiger partial charge in [-0.2, -0.15) is 0 Å². The molecule has 0 spiro atoms. The molecule has 1 saturated carbocycles. The van der Waals surface area contributed by atoms with Crippen LogP contribution in [0.15, 0.2) is 54.7 Å². The van der Waals surface area contributed by atoms with Gasteiger partial charge in [-0.15, -0.1) is 0 Å². The zero-order valence-corrected chi connectivity index (χ0v) is 19.1. The summed E-state index contributed by atoms with van der Waals surface area (Å²) in [5.41, 5.74) is 2.77. The Morgan fingerprint density at radius 2 is 1.85 bits per heavy atom. The third-order valence-electron chi connectivity index (χ3n) is 6.09. The fourth-order valence-electron chi connectivity index (χ4n) is 4.09. The zero-order valence-electron chi connectivity index (χ0n) is 18.4. The Kier molecular flexibility index (Phi) is 7.22. The number of nitrogens with zero attached hydrogens (tertiary/aromatic N) is 2. The molecule has 3 aromatic rings. The van der Waals surface area contributed by atoms with E-state index in [4.69, 9.17) is 11.6 Å². The molecular formula is C25H27ClF2N4O. The van der Waals surface area contributed by atoms with Gasteiger partial charge in [-0.1, -0.05) is 31.2 Å². The van der Waals surface area contributed by atoms with E-state index in [9.17, 15) is 13.9 Å². The number of halogens is 3. The van der Waals surface area contributed by atoms with E-state index >= 15 is 0 Å². The summed E-state index contributed by atoms with van der Waals surface area (Å²) in [7, 11) is 0. The molecule has 1 heterocycles. The molecule has 0 radical (unpaired) electrons. The Morgan fingerprint density at radius 3 is 2.52 bits per heavy atom. The first kappa shape index (κ1) is 23.5. The molecule has 2 aromatic carbocycles. The van der Waals surface area contributed by atoms with Crippen LogP contribution in [0.2, 0.25) is 5.28 Å². The highest BCUT2D eigenvalue weighted by Gasteiger charge is 2.44. The predicted octanol–water partition coefficient (Wildman–Crippen LogP) is 4.63. The van der Waals surface area contributed by atoms with E-state index in [-0.39, 0.29) is 17.2 Å². The maximum Gasteiger partial charge on any atom is 0.224 e. The summed E-state index contributed by atoms with van der Waals surface area (Å²) >= 11 is 5.90. The minimum Gasteiger partial charge on any atom is -0.390 e. The molecule has 33 heavy (non-hydrogen) atoms. The molecule has 1 aliphatic carbocycles. The number of nitrogens with one attached hydrogen (secondary N) is 2. The number of rotatable bonds is 10. The lowest BCUT2D eigenvalue weighted by molar-refractivity contribution is 0.143. The fourth-order valence-corrected chi connectivity index (χ4v) is 4.24. The molecule has 5 nitrogen and oxygen atoms in total. The van der Waals surface area contributed by atoms with E-state index in [1.807, 2.05) is 0 Å². The van der Waals surface area contributed by atoms with Crippen molar-refractivity contribution < 1.29 is 13.9 Å². The molecule has 0 saturated heterocycles. The summed E-state index contributed by atoms with van der Waals surface area (Å²) in [6.45, 7) is 2.42. The quantitative estimate of drug-likeness (QED) is 0.375. The largest absolute Gasteiger partial charge is 0.390 e. The maximum atomic E-state index is 13.7. The highest BCUT2D eigenvalue weighted by Crippen LogP contribution is 2.45. The Bertz CT molecular complexity index is 1090. The molecule has 1 fully saturated rings. The molecule has 1 aliphatic rings. The standard InChI is InChI=1S/C25H27ClF2N4O/c1-2-16-4-3-5-18(10-16)25(7-8-25)30-15-22(33)21(31-23-6-9-29-24(26)32-23)13-17-11-19(27)14-20(28)12-17/h3-6,9-12,14,21-22,30,33H,2,7-8,13,15H2,1H3,(H,29,31,32). The van der Waals surface area contributed by atoms with Gasteiger partial charge in [0.15, 0.2) is 0 Å². The van der Waals surface area contributed by atoms with Crippen molar-refractivity contribution in [3.63, 3.8) is 0 Å². The van der Waals surface area contributed by atoms with Gasteiger partial charge in [-0.05, 0) is 72.2 Å². The number of aliphatic hydroxyl groups is 1. The minimum absolute atomic E-state index is 0.0657. The molecular weight excluding hydrogens is 446 g/mol. The Balaban J connectivity index is 1.50. The van der Waals surface area contributed by atoms with Crippen molar-refractivity contribution in [2.24, 2.45) is 0 Å². The Hall–Kier alpha value is -2.61. The molecule has 2 atom stereocenters. The monoisotopic (exact) mass is 472 g/mol. The lowest BCUT2D eigenvalue weighted by Crippen LogP contribution is -2.45. The van der Waals surface area contributed by atoms with E-state index in [2.05, 4.69) is 51.8 Å². The van der Waals surface area contributed by atoms with E-state index in [0.29, 0.717) is 17.9 Å². The Morgan fingerprint density at radius 1 is 1.09 bits per heavy atom. The smallest absolute Gasteiger partial charge is 0.224 e. The minimum atomic E-state index is -0.864. The van der Waals surface area contributed by atoms with E-state index in [1.54, 1.807) is 6.07 Å². The number of aryl methyl sites for hydroxylation is 1. The van der Waals surface area contributed by atoms with Crippen molar-refractivity contribution in [2.45, 2.75) is 50.3 Å². The van der Waals surface area contributed by atoms with Gasteiger partial charge >= 0.3 is 0 Å². The maximum absolute atomic E-state index is 13.7. The average Bonchev–Trinajstić information content (AvgIpc) is 3.58. The van der Waals surface area contributed by atoms with Gasteiger partial charge < -0.3 is 15.7 Å². The molecule has 2 unspecified atom stereocenters. The molecule has 4 rings (SSSR count). The van der Waals surface area contributed by atoms with Gasteiger partial charge in [0.2, 0.25) is 5.28 Å². The third kappa shape index (κ3) is 6.05. The van der Waals surface area contributed by atoms with E-state index in [0.717, 1.165) is 25.3 Å². The number of aromatic nitrogens is 2.